The second-order valence-corrected chi connectivity index (χ2v) is 7.82. The fraction of sp³-hybridized carbons (Fsp3) is 0.611. The molecule has 29 heavy (non-hydrogen) atoms. The van der Waals surface area contributed by atoms with Crippen LogP contribution in [-0.2, 0) is 6.18 Å². The van der Waals surface area contributed by atoms with Crippen LogP contribution >= 0.6 is 11.6 Å². The van der Waals surface area contributed by atoms with Crippen LogP contribution in [0.25, 0.3) is 0 Å². The number of likely N-dealkylation sites (N-methyl/N-ethyl adjacent to an activating group) is 1. The van der Waals surface area contributed by atoms with Crippen LogP contribution < -0.4 is 21.3 Å². The Labute approximate surface area is 173 Å². The number of carbonyl (C=O) groups is 1. The Kier molecular flexibility index (Phi) is 8.12. The van der Waals surface area contributed by atoms with Crippen LogP contribution in [0.5, 0.6) is 0 Å². The lowest BCUT2D eigenvalue weighted by molar-refractivity contribution is -0.137. The third kappa shape index (κ3) is 7.00. The van der Waals surface area contributed by atoms with Crippen molar-refractivity contribution in [2.75, 3.05) is 39.5 Å². The lowest BCUT2D eigenvalue weighted by Crippen LogP contribution is -2.68. The van der Waals surface area contributed by atoms with Gasteiger partial charge < -0.3 is 15.5 Å². The number of anilines is 1. The van der Waals surface area contributed by atoms with Crippen molar-refractivity contribution < 1.29 is 18.0 Å². The summed E-state index contributed by atoms with van der Waals surface area (Å²) in [5.41, 5.74) is -0.976. The van der Waals surface area contributed by atoms with E-state index in [1.807, 2.05) is 21.0 Å². The van der Waals surface area contributed by atoms with E-state index in [0.717, 1.165) is 31.6 Å². The van der Waals surface area contributed by atoms with Crippen molar-refractivity contribution in [2.45, 2.75) is 38.0 Å². The van der Waals surface area contributed by atoms with E-state index in [9.17, 15) is 18.0 Å². The minimum Gasteiger partial charge on any atom is -0.308 e. The van der Waals surface area contributed by atoms with E-state index in [1.165, 1.54) is 11.0 Å². The molecular formula is C18H28ClF3N6O. The van der Waals surface area contributed by atoms with Gasteiger partial charge in [0.1, 0.15) is 6.29 Å². The summed E-state index contributed by atoms with van der Waals surface area (Å²) in [5.74, 6) is 0. The van der Waals surface area contributed by atoms with Crippen LogP contribution in [0.3, 0.4) is 0 Å². The van der Waals surface area contributed by atoms with Crippen LogP contribution in [-0.4, -0.2) is 68.6 Å². The average molecular weight is 437 g/mol. The van der Waals surface area contributed by atoms with Crippen molar-refractivity contribution in [1.82, 2.24) is 25.8 Å². The van der Waals surface area contributed by atoms with Gasteiger partial charge in [-0.15, -0.1) is 0 Å². The van der Waals surface area contributed by atoms with E-state index in [4.69, 9.17) is 11.6 Å². The maximum Gasteiger partial charge on any atom is 0.417 e. The SMILES string of the molecule is CC1CC(NCCN(C)C)NC(N(C)C(=O)Nc2ccc(Cl)c(C(F)(F)F)c2)N1. The first-order valence-corrected chi connectivity index (χ1v) is 9.66. The third-order valence-electron chi connectivity index (χ3n) is 4.57. The van der Waals surface area contributed by atoms with Gasteiger partial charge in [-0.3, -0.25) is 15.5 Å². The summed E-state index contributed by atoms with van der Waals surface area (Å²) in [4.78, 5) is 16.0. The Balaban J connectivity index is 2.00. The lowest BCUT2D eigenvalue weighted by Gasteiger charge is -2.40. The molecule has 2 amide bonds. The molecule has 3 unspecified atom stereocenters. The van der Waals surface area contributed by atoms with E-state index >= 15 is 0 Å². The van der Waals surface area contributed by atoms with Crippen LogP contribution in [0.15, 0.2) is 18.2 Å². The molecule has 164 valence electrons. The number of carbonyl (C=O) groups excluding carboxylic acids is 1. The number of hydrogen-bond acceptors (Lipinski definition) is 5. The summed E-state index contributed by atoms with van der Waals surface area (Å²) in [6.45, 7) is 3.67. The Morgan fingerprint density at radius 1 is 1.28 bits per heavy atom. The number of halogens is 4. The highest BCUT2D eigenvalue weighted by Gasteiger charge is 2.34. The van der Waals surface area contributed by atoms with Gasteiger partial charge in [0.15, 0.2) is 0 Å². The number of nitrogens with one attached hydrogen (secondary N) is 4. The molecule has 11 heteroatoms. The van der Waals surface area contributed by atoms with Crippen molar-refractivity contribution >= 4 is 23.3 Å². The number of alkyl halides is 3. The lowest BCUT2D eigenvalue weighted by atomic mass is 10.1. The molecule has 0 saturated carbocycles. The first-order chi connectivity index (χ1) is 13.5. The van der Waals surface area contributed by atoms with Gasteiger partial charge in [-0.05, 0) is 45.6 Å². The fourth-order valence-corrected chi connectivity index (χ4v) is 3.20. The van der Waals surface area contributed by atoms with E-state index < -0.39 is 29.1 Å². The zero-order valence-electron chi connectivity index (χ0n) is 16.9. The molecule has 1 aliphatic heterocycles. The highest BCUT2D eigenvalue weighted by Crippen LogP contribution is 2.36. The van der Waals surface area contributed by atoms with Crippen molar-refractivity contribution in [1.29, 1.82) is 0 Å². The van der Waals surface area contributed by atoms with Gasteiger partial charge in [-0.2, -0.15) is 13.2 Å². The largest absolute Gasteiger partial charge is 0.417 e. The molecule has 1 fully saturated rings. The second kappa shape index (κ2) is 9.94. The molecule has 2 rings (SSSR count). The smallest absolute Gasteiger partial charge is 0.308 e. The predicted molar refractivity (Wildman–Crippen MR) is 108 cm³/mol. The fourth-order valence-electron chi connectivity index (χ4n) is 2.98. The normalized spacial score (nSPS) is 22.6. The zero-order valence-corrected chi connectivity index (χ0v) is 17.7. The summed E-state index contributed by atoms with van der Waals surface area (Å²) in [7, 11) is 5.54. The molecule has 1 aromatic rings. The molecule has 1 aliphatic rings. The van der Waals surface area contributed by atoms with Crippen molar-refractivity contribution in [3.8, 4) is 0 Å². The molecule has 1 heterocycles. The maximum atomic E-state index is 13.0. The molecule has 0 radical (unpaired) electrons. The zero-order chi connectivity index (χ0) is 21.8. The van der Waals surface area contributed by atoms with Gasteiger partial charge in [0.05, 0.1) is 16.8 Å². The van der Waals surface area contributed by atoms with Crippen molar-refractivity contribution in [2.24, 2.45) is 0 Å². The van der Waals surface area contributed by atoms with E-state index in [2.05, 4.69) is 26.2 Å². The summed E-state index contributed by atoms with van der Waals surface area (Å²) in [6.07, 6.45) is -4.26. The van der Waals surface area contributed by atoms with Gasteiger partial charge in [0.2, 0.25) is 0 Å². The third-order valence-corrected chi connectivity index (χ3v) is 4.90. The minimum absolute atomic E-state index is 0.00110. The summed E-state index contributed by atoms with van der Waals surface area (Å²) >= 11 is 5.62. The van der Waals surface area contributed by atoms with E-state index in [1.54, 1.807) is 7.05 Å². The number of benzene rings is 1. The Morgan fingerprint density at radius 3 is 2.59 bits per heavy atom. The predicted octanol–water partition coefficient (Wildman–Crippen LogP) is 2.55. The van der Waals surface area contributed by atoms with Gasteiger partial charge >= 0.3 is 12.2 Å². The van der Waals surface area contributed by atoms with E-state index in [-0.39, 0.29) is 17.9 Å². The Morgan fingerprint density at radius 2 is 1.97 bits per heavy atom. The van der Waals surface area contributed by atoms with Crippen molar-refractivity contribution in [3.63, 3.8) is 0 Å². The second-order valence-electron chi connectivity index (χ2n) is 7.42. The molecular weight excluding hydrogens is 409 g/mol. The number of rotatable bonds is 6. The number of urea groups is 1. The first-order valence-electron chi connectivity index (χ1n) is 9.28. The molecule has 0 aromatic heterocycles. The topological polar surface area (TPSA) is 71.7 Å². The molecule has 0 aliphatic carbocycles. The van der Waals surface area contributed by atoms with Crippen LogP contribution in [0.1, 0.15) is 18.9 Å². The molecule has 7 nitrogen and oxygen atoms in total. The highest BCUT2D eigenvalue weighted by atomic mass is 35.5. The molecule has 3 atom stereocenters. The Bertz CT molecular complexity index is 703. The molecule has 0 spiro atoms. The molecule has 1 aromatic carbocycles. The summed E-state index contributed by atoms with van der Waals surface area (Å²) < 4.78 is 39.0. The first kappa shape index (κ1) is 23.7. The van der Waals surface area contributed by atoms with Gasteiger partial charge in [0, 0.05) is 31.9 Å². The monoisotopic (exact) mass is 436 g/mol. The quantitative estimate of drug-likeness (QED) is 0.551. The molecule has 0 bridgehead atoms. The standard InChI is InChI=1S/C18H28ClF3N6O/c1-11-9-15(23-7-8-27(2)3)26-16(24-11)28(4)17(29)25-12-5-6-14(19)13(10-12)18(20,21)22/h5-6,10-11,15-16,23-24,26H,7-9H2,1-4H3,(H,25,29). The van der Waals surface area contributed by atoms with Gasteiger partial charge in [0.25, 0.3) is 0 Å². The maximum absolute atomic E-state index is 13.0. The van der Waals surface area contributed by atoms with Crippen LogP contribution in [0, 0.1) is 0 Å². The number of amides is 2. The number of nitrogens with zero attached hydrogens (tertiary/aromatic N) is 2. The molecule has 4 N–H and O–H groups in total. The number of hydrogen-bond donors (Lipinski definition) is 4. The minimum atomic E-state index is -4.60. The van der Waals surface area contributed by atoms with Crippen molar-refractivity contribution in [3.05, 3.63) is 28.8 Å². The van der Waals surface area contributed by atoms with Crippen LogP contribution in [0.4, 0.5) is 23.7 Å². The Hall–Kier alpha value is -1.59. The molecule has 1 saturated heterocycles. The van der Waals surface area contributed by atoms with E-state index in [0.29, 0.717) is 0 Å². The average Bonchev–Trinajstić information content (AvgIpc) is 2.61. The highest BCUT2D eigenvalue weighted by molar-refractivity contribution is 6.31. The summed E-state index contributed by atoms with van der Waals surface area (Å²) in [5, 5.41) is 12.0. The van der Waals surface area contributed by atoms with Crippen LogP contribution in [0.2, 0.25) is 5.02 Å². The van der Waals surface area contributed by atoms with Gasteiger partial charge in [-0.1, -0.05) is 11.6 Å². The summed E-state index contributed by atoms with van der Waals surface area (Å²) in [6, 6.07) is 2.86. The van der Waals surface area contributed by atoms with Gasteiger partial charge in [-0.25, -0.2) is 4.79 Å².